The molecule has 1 aromatic rings. The van der Waals surface area contributed by atoms with Gasteiger partial charge in [0.05, 0.1) is 19.3 Å². The fourth-order valence-electron chi connectivity index (χ4n) is 1.93. The van der Waals surface area contributed by atoms with Crippen LogP contribution in [0.15, 0.2) is 0 Å². The molecule has 1 aliphatic heterocycles. The highest BCUT2D eigenvalue weighted by molar-refractivity contribution is 5.38. The summed E-state index contributed by atoms with van der Waals surface area (Å²) in [4.78, 5) is 15.0. The Morgan fingerprint density at radius 1 is 1.37 bits per heavy atom. The van der Waals surface area contributed by atoms with Crippen LogP contribution in [-0.2, 0) is 4.74 Å². The molecule has 1 fully saturated rings. The lowest BCUT2D eigenvalue weighted by molar-refractivity contribution is 0.193. The first-order chi connectivity index (χ1) is 9.24. The summed E-state index contributed by atoms with van der Waals surface area (Å²) >= 11 is 0. The Morgan fingerprint density at radius 2 is 2.21 bits per heavy atom. The second-order valence-electron chi connectivity index (χ2n) is 4.33. The molecule has 0 radical (unpaired) electrons. The van der Waals surface area contributed by atoms with Gasteiger partial charge in [-0.3, -0.25) is 0 Å². The third-order valence-electron chi connectivity index (χ3n) is 2.98. The van der Waals surface area contributed by atoms with Gasteiger partial charge >= 0.3 is 6.01 Å². The normalized spacial score (nSPS) is 18.4. The van der Waals surface area contributed by atoms with Crippen molar-refractivity contribution < 1.29 is 9.47 Å². The van der Waals surface area contributed by atoms with Crippen LogP contribution in [0.3, 0.4) is 0 Å². The Morgan fingerprint density at radius 3 is 2.84 bits per heavy atom. The SMILES string of the molecule is CCNc1nc(OCC)nc(N(C)C2CCOC2)n1. The maximum atomic E-state index is 5.40. The molecule has 7 nitrogen and oxygen atoms in total. The maximum absolute atomic E-state index is 5.40. The second kappa shape index (κ2) is 6.51. The molecule has 1 saturated heterocycles. The quantitative estimate of drug-likeness (QED) is 0.821. The van der Waals surface area contributed by atoms with Gasteiger partial charge < -0.3 is 19.7 Å². The average molecular weight is 267 g/mol. The molecule has 0 bridgehead atoms. The van der Waals surface area contributed by atoms with E-state index in [0.717, 1.165) is 19.6 Å². The number of anilines is 2. The highest BCUT2D eigenvalue weighted by atomic mass is 16.5. The number of ether oxygens (including phenoxy) is 2. The summed E-state index contributed by atoms with van der Waals surface area (Å²) in [5.74, 6) is 1.16. The van der Waals surface area contributed by atoms with Crippen LogP contribution >= 0.6 is 0 Å². The zero-order valence-corrected chi connectivity index (χ0v) is 11.7. The maximum Gasteiger partial charge on any atom is 0.323 e. The Labute approximate surface area is 113 Å². The Balaban J connectivity index is 2.21. The van der Waals surface area contributed by atoms with E-state index in [9.17, 15) is 0 Å². The number of hydrogen-bond acceptors (Lipinski definition) is 7. The predicted octanol–water partition coefficient (Wildman–Crippen LogP) is 0.927. The van der Waals surface area contributed by atoms with E-state index in [1.165, 1.54) is 0 Å². The molecule has 1 aliphatic rings. The lowest BCUT2D eigenvalue weighted by atomic mass is 10.2. The fourth-order valence-corrected chi connectivity index (χ4v) is 1.93. The van der Waals surface area contributed by atoms with Crippen LogP contribution < -0.4 is 15.0 Å². The molecular formula is C12H21N5O2. The smallest absolute Gasteiger partial charge is 0.323 e. The molecule has 1 unspecified atom stereocenters. The molecule has 1 N–H and O–H groups in total. The standard InChI is InChI=1S/C12H21N5O2/c1-4-13-10-14-11(16-12(15-10)19-5-2)17(3)9-6-7-18-8-9/h9H,4-8H2,1-3H3,(H,13,14,15,16). The molecule has 106 valence electrons. The minimum atomic E-state index is 0.311. The molecule has 0 amide bonds. The van der Waals surface area contributed by atoms with E-state index in [2.05, 4.69) is 20.3 Å². The van der Waals surface area contributed by atoms with Gasteiger partial charge in [-0.05, 0) is 20.3 Å². The molecular weight excluding hydrogens is 246 g/mol. The summed E-state index contributed by atoms with van der Waals surface area (Å²) < 4.78 is 10.8. The van der Waals surface area contributed by atoms with Crippen molar-refractivity contribution in [3.8, 4) is 6.01 Å². The van der Waals surface area contributed by atoms with E-state index >= 15 is 0 Å². The van der Waals surface area contributed by atoms with Crippen LogP contribution in [-0.4, -0.2) is 54.4 Å². The van der Waals surface area contributed by atoms with Crippen molar-refractivity contribution in [2.24, 2.45) is 0 Å². The van der Waals surface area contributed by atoms with Gasteiger partial charge in [0.25, 0.3) is 0 Å². The molecule has 0 aliphatic carbocycles. The predicted molar refractivity (Wildman–Crippen MR) is 72.8 cm³/mol. The van der Waals surface area contributed by atoms with Crippen molar-refractivity contribution in [2.75, 3.05) is 43.6 Å². The lowest BCUT2D eigenvalue weighted by Crippen LogP contribution is -2.33. The molecule has 1 atom stereocenters. The number of aromatic nitrogens is 3. The van der Waals surface area contributed by atoms with Gasteiger partial charge in [0, 0.05) is 20.2 Å². The first-order valence-corrected chi connectivity index (χ1v) is 6.68. The molecule has 19 heavy (non-hydrogen) atoms. The molecule has 0 spiro atoms. The topological polar surface area (TPSA) is 72.4 Å². The van der Waals surface area contributed by atoms with Gasteiger partial charge in [0.2, 0.25) is 11.9 Å². The van der Waals surface area contributed by atoms with E-state index < -0.39 is 0 Å². The van der Waals surface area contributed by atoms with E-state index in [4.69, 9.17) is 9.47 Å². The highest BCUT2D eigenvalue weighted by Crippen LogP contribution is 2.19. The summed E-state index contributed by atoms with van der Waals surface area (Å²) in [6.07, 6.45) is 0.989. The summed E-state index contributed by atoms with van der Waals surface area (Å²) in [6.45, 7) is 6.70. The van der Waals surface area contributed by atoms with Crippen molar-refractivity contribution in [1.82, 2.24) is 15.0 Å². The van der Waals surface area contributed by atoms with Gasteiger partial charge in [0.15, 0.2) is 0 Å². The first-order valence-electron chi connectivity index (χ1n) is 6.68. The number of rotatable bonds is 6. The molecule has 2 heterocycles. The monoisotopic (exact) mass is 267 g/mol. The van der Waals surface area contributed by atoms with Crippen LogP contribution in [0, 0.1) is 0 Å². The van der Waals surface area contributed by atoms with Crippen molar-refractivity contribution in [2.45, 2.75) is 26.3 Å². The molecule has 1 aromatic heterocycles. The van der Waals surface area contributed by atoms with E-state index in [1.807, 2.05) is 25.8 Å². The third-order valence-corrected chi connectivity index (χ3v) is 2.98. The average Bonchev–Trinajstić information content (AvgIpc) is 2.92. The van der Waals surface area contributed by atoms with Crippen LogP contribution in [0.2, 0.25) is 0 Å². The highest BCUT2D eigenvalue weighted by Gasteiger charge is 2.23. The van der Waals surface area contributed by atoms with Gasteiger partial charge in [-0.25, -0.2) is 0 Å². The Kier molecular flexibility index (Phi) is 4.73. The first kappa shape index (κ1) is 13.8. The number of likely N-dealkylation sites (N-methyl/N-ethyl adjacent to an activating group) is 1. The van der Waals surface area contributed by atoms with Gasteiger partial charge in [-0.1, -0.05) is 0 Å². The van der Waals surface area contributed by atoms with E-state index in [0.29, 0.717) is 37.2 Å². The van der Waals surface area contributed by atoms with Gasteiger partial charge in [0.1, 0.15) is 0 Å². The summed E-state index contributed by atoms with van der Waals surface area (Å²) in [5, 5.41) is 3.09. The van der Waals surface area contributed by atoms with Gasteiger partial charge in [-0.2, -0.15) is 15.0 Å². The third kappa shape index (κ3) is 3.44. The minimum absolute atomic E-state index is 0.311. The second-order valence-corrected chi connectivity index (χ2v) is 4.33. The number of nitrogens with zero attached hydrogens (tertiary/aromatic N) is 4. The Bertz CT molecular complexity index is 385. The Hall–Kier alpha value is -1.63. The zero-order valence-electron chi connectivity index (χ0n) is 11.7. The van der Waals surface area contributed by atoms with Crippen LogP contribution in [0.5, 0.6) is 6.01 Å². The summed E-state index contributed by atoms with van der Waals surface area (Å²) in [5.41, 5.74) is 0. The zero-order chi connectivity index (χ0) is 13.7. The van der Waals surface area contributed by atoms with Crippen LogP contribution in [0.25, 0.3) is 0 Å². The lowest BCUT2D eigenvalue weighted by Gasteiger charge is -2.23. The van der Waals surface area contributed by atoms with E-state index in [1.54, 1.807) is 0 Å². The van der Waals surface area contributed by atoms with Crippen molar-refractivity contribution in [3.63, 3.8) is 0 Å². The summed E-state index contributed by atoms with van der Waals surface area (Å²) in [7, 11) is 1.97. The number of hydrogen-bond donors (Lipinski definition) is 1. The largest absolute Gasteiger partial charge is 0.464 e. The van der Waals surface area contributed by atoms with Gasteiger partial charge in [-0.15, -0.1) is 0 Å². The molecule has 0 saturated carbocycles. The fraction of sp³-hybridized carbons (Fsp3) is 0.750. The minimum Gasteiger partial charge on any atom is -0.464 e. The van der Waals surface area contributed by atoms with Crippen LogP contribution in [0.4, 0.5) is 11.9 Å². The van der Waals surface area contributed by atoms with Crippen LogP contribution in [0.1, 0.15) is 20.3 Å². The number of nitrogens with one attached hydrogen (secondary N) is 1. The van der Waals surface area contributed by atoms with Crippen molar-refractivity contribution >= 4 is 11.9 Å². The molecule has 2 rings (SSSR count). The molecule has 7 heteroatoms. The van der Waals surface area contributed by atoms with Crippen molar-refractivity contribution in [1.29, 1.82) is 0 Å². The van der Waals surface area contributed by atoms with E-state index in [-0.39, 0.29) is 0 Å². The summed E-state index contributed by atoms with van der Waals surface area (Å²) in [6, 6.07) is 0.667. The molecule has 0 aromatic carbocycles. The van der Waals surface area contributed by atoms with Crippen molar-refractivity contribution in [3.05, 3.63) is 0 Å².